The van der Waals surface area contributed by atoms with Crippen molar-refractivity contribution in [2.75, 3.05) is 5.32 Å². The van der Waals surface area contributed by atoms with Gasteiger partial charge < -0.3 is 14.8 Å². The third kappa shape index (κ3) is 4.90. The van der Waals surface area contributed by atoms with Gasteiger partial charge in [-0.25, -0.2) is 0 Å². The van der Waals surface area contributed by atoms with Crippen LogP contribution in [-0.2, 0) is 9.59 Å². The smallest absolute Gasteiger partial charge is 0.308 e. The van der Waals surface area contributed by atoms with E-state index in [-0.39, 0.29) is 33.4 Å². The minimum atomic E-state index is -0.465. The minimum Gasteiger partial charge on any atom is -0.454 e. The van der Waals surface area contributed by atoms with Gasteiger partial charge >= 0.3 is 5.97 Å². The Morgan fingerprint density at radius 2 is 1.73 bits per heavy atom. The Kier molecular flexibility index (Phi) is 6.51. The molecule has 0 saturated carbocycles. The highest BCUT2D eigenvalue weighted by Crippen LogP contribution is 2.42. The summed E-state index contributed by atoms with van der Waals surface area (Å²) < 4.78 is 10.9. The standard InChI is InChI=1S/C19H19Cl2NO4/c1-10(2)19(24)22-13-5-7-14(8-6-13)26-18-15(20)9-16(25-12(4)23)11(3)17(18)21/h5-10H,1-4H3,(H,22,24). The van der Waals surface area contributed by atoms with Gasteiger partial charge in [-0.15, -0.1) is 0 Å². The Labute approximate surface area is 162 Å². The molecule has 0 aromatic heterocycles. The number of carbonyl (C=O) groups is 2. The molecule has 0 saturated heterocycles. The summed E-state index contributed by atoms with van der Waals surface area (Å²) >= 11 is 12.5. The normalized spacial score (nSPS) is 10.6. The van der Waals surface area contributed by atoms with Gasteiger partial charge in [-0.05, 0) is 31.2 Å². The van der Waals surface area contributed by atoms with Crippen LogP contribution in [0.5, 0.6) is 17.2 Å². The number of halogens is 2. The second-order valence-corrected chi connectivity index (χ2v) is 6.77. The molecule has 0 heterocycles. The third-order valence-electron chi connectivity index (χ3n) is 3.49. The van der Waals surface area contributed by atoms with E-state index < -0.39 is 5.97 Å². The molecule has 7 heteroatoms. The molecule has 2 aromatic rings. The van der Waals surface area contributed by atoms with Gasteiger partial charge in [0, 0.05) is 30.2 Å². The number of amides is 1. The summed E-state index contributed by atoms with van der Waals surface area (Å²) in [5, 5.41) is 3.27. The largest absolute Gasteiger partial charge is 0.454 e. The van der Waals surface area contributed by atoms with E-state index in [9.17, 15) is 9.59 Å². The van der Waals surface area contributed by atoms with E-state index in [4.69, 9.17) is 32.7 Å². The molecule has 0 bridgehead atoms. The lowest BCUT2D eigenvalue weighted by Gasteiger charge is -2.15. The summed E-state index contributed by atoms with van der Waals surface area (Å²) in [6, 6.07) is 8.31. The van der Waals surface area contributed by atoms with Crippen molar-refractivity contribution >= 4 is 40.8 Å². The topological polar surface area (TPSA) is 64.6 Å². The van der Waals surface area contributed by atoms with Gasteiger partial charge in [0.05, 0.1) is 10.0 Å². The summed E-state index contributed by atoms with van der Waals surface area (Å²) in [5.74, 6) is 0.403. The number of benzene rings is 2. The predicted octanol–water partition coefficient (Wildman–Crippen LogP) is 5.61. The van der Waals surface area contributed by atoms with E-state index in [0.29, 0.717) is 17.0 Å². The maximum Gasteiger partial charge on any atom is 0.308 e. The lowest BCUT2D eigenvalue weighted by atomic mass is 10.2. The van der Waals surface area contributed by atoms with Crippen molar-refractivity contribution in [3.63, 3.8) is 0 Å². The van der Waals surface area contributed by atoms with Gasteiger partial charge in [-0.1, -0.05) is 37.0 Å². The second kappa shape index (κ2) is 8.43. The SMILES string of the molecule is CC(=O)Oc1cc(Cl)c(Oc2ccc(NC(=O)C(C)C)cc2)c(Cl)c1C. The molecule has 2 rings (SSSR count). The maximum atomic E-state index is 11.7. The van der Waals surface area contributed by atoms with Gasteiger partial charge in [0.2, 0.25) is 5.91 Å². The molecule has 0 unspecified atom stereocenters. The molecule has 0 spiro atoms. The summed E-state index contributed by atoms with van der Waals surface area (Å²) in [6.45, 7) is 6.64. The van der Waals surface area contributed by atoms with Crippen LogP contribution in [0.3, 0.4) is 0 Å². The van der Waals surface area contributed by atoms with Gasteiger partial charge in [0.1, 0.15) is 11.5 Å². The average molecular weight is 396 g/mol. The van der Waals surface area contributed by atoms with Crippen molar-refractivity contribution in [1.29, 1.82) is 0 Å². The molecule has 1 N–H and O–H groups in total. The zero-order valence-corrected chi connectivity index (χ0v) is 16.4. The summed E-state index contributed by atoms with van der Waals surface area (Å²) in [7, 11) is 0. The molecule has 26 heavy (non-hydrogen) atoms. The molecule has 0 radical (unpaired) electrons. The van der Waals surface area contributed by atoms with Crippen molar-refractivity contribution < 1.29 is 19.1 Å². The molecule has 1 amide bonds. The van der Waals surface area contributed by atoms with E-state index in [1.54, 1.807) is 31.2 Å². The monoisotopic (exact) mass is 395 g/mol. The zero-order valence-electron chi connectivity index (χ0n) is 14.9. The number of ether oxygens (including phenoxy) is 2. The quantitative estimate of drug-likeness (QED) is 0.527. The fraction of sp³-hybridized carbons (Fsp3) is 0.263. The van der Waals surface area contributed by atoms with Gasteiger partial charge in [0.15, 0.2) is 5.75 Å². The number of carbonyl (C=O) groups excluding carboxylic acids is 2. The molecule has 0 aliphatic carbocycles. The van der Waals surface area contributed by atoms with Crippen LogP contribution in [0, 0.1) is 12.8 Å². The third-order valence-corrected chi connectivity index (χ3v) is 4.23. The van der Waals surface area contributed by atoms with Crippen LogP contribution in [0.15, 0.2) is 30.3 Å². The first kappa shape index (κ1) is 20.1. The maximum absolute atomic E-state index is 11.7. The lowest BCUT2D eigenvalue weighted by molar-refractivity contribution is -0.132. The van der Waals surface area contributed by atoms with E-state index in [0.717, 1.165) is 0 Å². The van der Waals surface area contributed by atoms with Crippen LogP contribution < -0.4 is 14.8 Å². The fourth-order valence-electron chi connectivity index (χ4n) is 2.04. The highest BCUT2D eigenvalue weighted by molar-refractivity contribution is 6.38. The Bertz CT molecular complexity index is 832. The number of hydrogen-bond donors (Lipinski definition) is 1. The average Bonchev–Trinajstić information content (AvgIpc) is 2.57. The Hall–Kier alpha value is -2.24. The predicted molar refractivity (Wildman–Crippen MR) is 102 cm³/mol. The first-order valence-corrected chi connectivity index (χ1v) is 8.70. The summed E-state index contributed by atoms with van der Waals surface area (Å²) in [4.78, 5) is 22.9. The highest BCUT2D eigenvalue weighted by Gasteiger charge is 2.17. The molecular formula is C19H19Cl2NO4. The minimum absolute atomic E-state index is 0.0681. The van der Waals surface area contributed by atoms with Gasteiger partial charge in [0.25, 0.3) is 0 Å². The van der Waals surface area contributed by atoms with E-state index in [1.807, 2.05) is 13.8 Å². The van der Waals surface area contributed by atoms with Crippen molar-refractivity contribution in [3.8, 4) is 17.2 Å². The van der Waals surface area contributed by atoms with Gasteiger partial charge in [-0.2, -0.15) is 0 Å². The Balaban J connectivity index is 2.22. The molecule has 0 atom stereocenters. The highest BCUT2D eigenvalue weighted by atomic mass is 35.5. The number of rotatable bonds is 5. The molecule has 2 aromatic carbocycles. The van der Waals surface area contributed by atoms with Crippen LogP contribution in [-0.4, -0.2) is 11.9 Å². The number of hydrogen-bond acceptors (Lipinski definition) is 4. The molecule has 138 valence electrons. The molecule has 5 nitrogen and oxygen atoms in total. The van der Waals surface area contributed by atoms with E-state index in [2.05, 4.69) is 5.32 Å². The molecular weight excluding hydrogens is 377 g/mol. The van der Waals surface area contributed by atoms with Crippen molar-refractivity contribution in [3.05, 3.63) is 45.9 Å². The van der Waals surface area contributed by atoms with Crippen LogP contribution in [0.1, 0.15) is 26.3 Å². The van der Waals surface area contributed by atoms with Crippen molar-refractivity contribution in [2.24, 2.45) is 5.92 Å². The number of anilines is 1. The van der Waals surface area contributed by atoms with Gasteiger partial charge in [-0.3, -0.25) is 9.59 Å². The van der Waals surface area contributed by atoms with Crippen LogP contribution >= 0.6 is 23.2 Å². The first-order valence-electron chi connectivity index (χ1n) is 7.94. The van der Waals surface area contributed by atoms with Crippen molar-refractivity contribution in [2.45, 2.75) is 27.7 Å². The summed E-state index contributed by atoms with van der Waals surface area (Å²) in [5.41, 5.74) is 1.21. The second-order valence-electron chi connectivity index (χ2n) is 5.99. The number of nitrogens with one attached hydrogen (secondary N) is 1. The molecule has 0 fully saturated rings. The Morgan fingerprint density at radius 3 is 2.27 bits per heavy atom. The lowest BCUT2D eigenvalue weighted by Crippen LogP contribution is -2.17. The zero-order chi connectivity index (χ0) is 19.4. The van der Waals surface area contributed by atoms with Crippen LogP contribution in [0.4, 0.5) is 5.69 Å². The first-order chi connectivity index (χ1) is 12.2. The van der Waals surface area contributed by atoms with Crippen LogP contribution in [0.2, 0.25) is 10.0 Å². The van der Waals surface area contributed by atoms with Crippen LogP contribution in [0.25, 0.3) is 0 Å². The fourth-order valence-corrected chi connectivity index (χ4v) is 2.55. The van der Waals surface area contributed by atoms with Crippen molar-refractivity contribution in [1.82, 2.24) is 0 Å². The number of esters is 1. The summed E-state index contributed by atoms with van der Waals surface area (Å²) in [6.07, 6.45) is 0. The van der Waals surface area contributed by atoms with E-state index in [1.165, 1.54) is 13.0 Å². The molecule has 0 aliphatic heterocycles. The Morgan fingerprint density at radius 1 is 1.12 bits per heavy atom. The van der Waals surface area contributed by atoms with E-state index >= 15 is 0 Å². The molecule has 0 aliphatic rings.